The quantitative estimate of drug-likeness (QED) is 0.627. The van der Waals surface area contributed by atoms with Crippen LogP contribution in [0, 0.1) is 5.92 Å². The van der Waals surface area contributed by atoms with Crippen molar-refractivity contribution in [1.82, 2.24) is 9.62 Å². The molecule has 2 saturated heterocycles. The van der Waals surface area contributed by atoms with E-state index in [1.165, 1.54) is 21.3 Å². The van der Waals surface area contributed by atoms with Crippen molar-refractivity contribution in [2.45, 2.75) is 44.0 Å². The molecule has 2 aliphatic heterocycles. The number of nitrogens with one attached hydrogen (secondary N) is 1. The second-order valence-electron chi connectivity index (χ2n) is 8.38. The number of carbonyl (C=O) groups excluding carboxylic acids is 2. The molecular weight excluding hydrogens is 442 g/mol. The summed E-state index contributed by atoms with van der Waals surface area (Å²) in [6, 6.07) is 6.07. The first kappa shape index (κ1) is 23.7. The van der Waals surface area contributed by atoms with E-state index in [0.717, 1.165) is 0 Å². The van der Waals surface area contributed by atoms with Gasteiger partial charge in [0, 0.05) is 31.7 Å². The average Bonchev–Trinajstić information content (AvgIpc) is 3.21. The van der Waals surface area contributed by atoms with Crippen molar-refractivity contribution in [3.05, 3.63) is 24.3 Å². The maximum atomic E-state index is 12.7. The van der Waals surface area contributed by atoms with Gasteiger partial charge in [0.05, 0.1) is 27.9 Å². The summed E-state index contributed by atoms with van der Waals surface area (Å²) in [4.78, 5) is 26.8. The van der Waals surface area contributed by atoms with Crippen molar-refractivity contribution in [1.29, 1.82) is 0 Å². The topological polar surface area (TPSA) is 121 Å². The van der Waals surface area contributed by atoms with E-state index in [1.54, 1.807) is 32.9 Å². The average molecular weight is 472 g/mol. The maximum Gasteiger partial charge on any atom is 0.243 e. The molecule has 3 rings (SSSR count). The van der Waals surface area contributed by atoms with Crippen LogP contribution in [-0.4, -0.2) is 69.6 Å². The largest absolute Gasteiger partial charge is 0.350 e. The molecule has 2 amide bonds. The van der Waals surface area contributed by atoms with Crippen molar-refractivity contribution < 1.29 is 26.4 Å². The number of amides is 2. The molecule has 172 valence electrons. The molecule has 0 bridgehead atoms. The van der Waals surface area contributed by atoms with Gasteiger partial charge in [0.15, 0.2) is 9.84 Å². The highest BCUT2D eigenvalue weighted by Crippen LogP contribution is 2.29. The summed E-state index contributed by atoms with van der Waals surface area (Å²) >= 11 is 0. The lowest BCUT2D eigenvalue weighted by Gasteiger charge is -2.25. The van der Waals surface area contributed by atoms with Crippen LogP contribution >= 0.6 is 0 Å². The maximum absolute atomic E-state index is 12.7. The number of sulfone groups is 1. The number of sulfonamides is 1. The van der Waals surface area contributed by atoms with Gasteiger partial charge in [0.1, 0.15) is 0 Å². The number of hydrogen-bond acceptors (Lipinski definition) is 6. The Morgan fingerprint density at radius 3 is 2.35 bits per heavy atom. The summed E-state index contributed by atoms with van der Waals surface area (Å²) in [6.45, 7) is 6.13. The zero-order valence-electron chi connectivity index (χ0n) is 18.0. The van der Waals surface area contributed by atoms with Crippen molar-refractivity contribution in [2.24, 2.45) is 5.92 Å². The Bertz CT molecular complexity index is 1060. The van der Waals surface area contributed by atoms with Gasteiger partial charge in [-0.25, -0.2) is 16.8 Å². The molecule has 11 heteroatoms. The zero-order valence-corrected chi connectivity index (χ0v) is 19.6. The molecular formula is C20H29N3O6S2. The van der Waals surface area contributed by atoms with E-state index >= 15 is 0 Å². The van der Waals surface area contributed by atoms with Gasteiger partial charge in [-0.2, -0.15) is 4.31 Å². The molecule has 31 heavy (non-hydrogen) atoms. The number of carbonyl (C=O) groups is 2. The highest BCUT2D eigenvalue weighted by molar-refractivity contribution is 7.91. The predicted octanol–water partition coefficient (Wildman–Crippen LogP) is 0.763. The first-order valence-corrected chi connectivity index (χ1v) is 13.6. The van der Waals surface area contributed by atoms with Crippen molar-refractivity contribution in [3.8, 4) is 0 Å². The highest BCUT2D eigenvalue weighted by atomic mass is 32.2. The molecule has 2 aliphatic rings. The van der Waals surface area contributed by atoms with Gasteiger partial charge >= 0.3 is 0 Å². The molecule has 0 unspecified atom stereocenters. The number of rotatable bonds is 7. The van der Waals surface area contributed by atoms with Crippen molar-refractivity contribution in [3.63, 3.8) is 0 Å². The van der Waals surface area contributed by atoms with Gasteiger partial charge in [0.25, 0.3) is 0 Å². The molecule has 2 atom stereocenters. The summed E-state index contributed by atoms with van der Waals surface area (Å²) in [5.74, 6) is -1.22. The minimum atomic E-state index is -3.59. The normalized spacial score (nSPS) is 25.9. The monoisotopic (exact) mass is 471 g/mol. The Morgan fingerprint density at radius 1 is 1.23 bits per heavy atom. The van der Waals surface area contributed by atoms with Gasteiger partial charge in [-0.05, 0) is 37.6 Å². The molecule has 0 radical (unpaired) electrons. The van der Waals surface area contributed by atoms with Gasteiger partial charge < -0.3 is 10.2 Å². The molecule has 0 spiro atoms. The first-order valence-electron chi connectivity index (χ1n) is 10.3. The van der Waals surface area contributed by atoms with Crippen LogP contribution in [0.5, 0.6) is 0 Å². The highest BCUT2D eigenvalue weighted by Gasteiger charge is 2.42. The Hall–Kier alpha value is -1.98. The minimum absolute atomic E-state index is 0.0220. The van der Waals surface area contributed by atoms with E-state index in [2.05, 4.69) is 5.32 Å². The number of hydrogen-bond donors (Lipinski definition) is 1. The summed E-state index contributed by atoms with van der Waals surface area (Å²) in [6.07, 6.45) is 0.377. The Labute approximate surface area is 183 Å². The SMILES string of the molecule is CCN(CC)S(=O)(=O)c1ccc(N2C[C@@H](C(=O)N[C@]3(C)CCS(=O)(=O)C3)CC2=O)cc1. The number of nitrogens with zero attached hydrogens (tertiary/aromatic N) is 2. The Balaban J connectivity index is 1.70. The van der Waals surface area contributed by atoms with Crippen molar-refractivity contribution >= 4 is 37.4 Å². The van der Waals surface area contributed by atoms with E-state index in [9.17, 15) is 26.4 Å². The predicted molar refractivity (Wildman–Crippen MR) is 117 cm³/mol. The lowest BCUT2D eigenvalue weighted by Crippen LogP contribution is -2.49. The van der Waals surface area contributed by atoms with Gasteiger partial charge in [-0.1, -0.05) is 13.8 Å². The molecule has 2 fully saturated rings. The van der Waals surface area contributed by atoms with Gasteiger partial charge in [-0.3, -0.25) is 9.59 Å². The molecule has 0 aromatic heterocycles. The standard InChI is InChI=1S/C20H29N3O6S2/c1-4-22(5-2)31(28,29)17-8-6-16(7-9-17)23-13-15(12-18(23)24)19(25)21-20(3)10-11-30(26,27)14-20/h6-9,15H,4-5,10-14H2,1-3H3,(H,21,25)/t15-,20+/m0/s1. The molecule has 2 heterocycles. The lowest BCUT2D eigenvalue weighted by molar-refractivity contribution is -0.127. The van der Waals surface area contributed by atoms with Crippen LogP contribution in [0.4, 0.5) is 5.69 Å². The fourth-order valence-corrected chi connectivity index (χ4v) is 7.70. The van der Waals surface area contributed by atoms with Crippen LogP contribution in [0.25, 0.3) is 0 Å². The molecule has 1 aromatic rings. The molecule has 1 N–H and O–H groups in total. The lowest BCUT2D eigenvalue weighted by atomic mass is 9.99. The van der Waals surface area contributed by atoms with E-state index in [0.29, 0.717) is 25.2 Å². The smallest absolute Gasteiger partial charge is 0.243 e. The second-order valence-corrected chi connectivity index (χ2v) is 12.5. The summed E-state index contributed by atoms with van der Waals surface area (Å²) in [7, 11) is -6.75. The summed E-state index contributed by atoms with van der Waals surface area (Å²) in [5, 5.41) is 2.82. The van der Waals surface area contributed by atoms with Gasteiger partial charge in [0.2, 0.25) is 21.8 Å². The van der Waals surface area contributed by atoms with Crippen LogP contribution < -0.4 is 10.2 Å². The Kier molecular flexibility index (Phi) is 6.50. The third-order valence-electron chi connectivity index (χ3n) is 5.92. The number of benzene rings is 1. The van der Waals surface area contributed by atoms with E-state index in [4.69, 9.17) is 0 Å². The third kappa shape index (κ3) is 4.93. The zero-order chi connectivity index (χ0) is 23.0. The van der Waals surface area contributed by atoms with Crippen LogP contribution in [-0.2, 0) is 29.4 Å². The minimum Gasteiger partial charge on any atom is -0.350 e. The Morgan fingerprint density at radius 2 is 1.84 bits per heavy atom. The van der Waals surface area contributed by atoms with E-state index < -0.39 is 31.3 Å². The second kappa shape index (κ2) is 8.51. The van der Waals surface area contributed by atoms with Gasteiger partial charge in [-0.15, -0.1) is 0 Å². The van der Waals surface area contributed by atoms with Crippen LogP contribution in [0.3, 0.4) is 0 Å². The van der Waals surface area contributed by atoms with Crippen molar-refractivity contribution in [2.75, 3.05) is 36.0 Å². The molecule has 0 saturated carbocycles. The first-order chi connectivity index (χ1) is 14.4. The van der Waals surface area contributed by atoms with Crippen LogP contribution in [0.2, 0.25) is 0 Å². The molecule has 1 aromatic carbocycles. The summed E-state index contributed by atoms with van der Waals surface area (Å²) < 4.78 is 50.1. The van der Waals surface area contributed by atoms with Crippen LogP contribution in [0.1, 0.15) is 33.6 Å². The van der Waals surface area contributed by atoms with Crippen LogP contribution in [0.15, 0.2) is 29.2 Å². The summed E-state index contributed by atoms with van der Waals surface area (Å²) in [5.41, 5.74) is -0.291. The van der Waals surface area contributed by atoms with E-state index in [1.807, 2.05) is 0 Å². The third-order valence-corrected chi connectivity index (χ3v) is 9.88. The fraction of sp³-hybridized carbons (Fsp3) is 0.600. The molecule has 9 nitrogen and oxygen atoms in total. The molecule has 0 aliphatic carbocycles. The fourth-order valence-electron chi connectivity index (χ4n) is 4.15. The number of anilines is 1. The van der Waals surface area contributed by atoms with E-state index in [-0.39, 0.29) is 41.2 Å².